The number of rotatable bonds is 4. The van der Waals surface area contributed by atoms with Gasteiger partial charge in [0.15, 0.2) is 0 Å². The van der Waals surface area contributed by atoms with Crippen LogP contribution in [0.25, 0.3) is 11.0 Å². The van der Waals surface area contributed by atoms with E-state index in [0.29, 0.717) is 6.04 Å². The molecule has 1 aliphatic rings. The summed E-state index contributed by atoms with van der Waals surface area (Å²) in [6.45, 7) is 1.62. The van der Waals surface area contributed by atoms with Gasteiger partial charge in [0.1, 0.15) is 11.0 Å². The summed E-state index contributed by atoms with van der Waals surface area (Å²) in [6, 6.07) is 14.0. The van der Waals surface area contributed by atoms with Crippen LogP contribution in [0, 0.1) is 0 Å². The van der Waals surface area contributed by atoms with Gasteiger partial charge in [0.2, 0.25) is 0 Å². The number of nitrogens with zero attached hydrogens (tertiary/aromatic N) is 4. The number of fused-ring (bicyclic) bond motifs is 1. The molecule has 0 bridgehead atoms. The van der Waals surface area contributed by atoms with Gasteiger partial charge in [-0.25, -0.2) is 0 Å². The minimum absolute atomic E-state index is 0.103. The lowest BCUT2D eigenvalue weighted by Crippen LogP contribution is -2.34. The Hall–Kier alpha value is -2.51. The standard InChI is InChI=1S/C19H21N5OS/c1-23(2)15-10-11-24(12-15)19(25)13-6-8-14(9-7-13)20-16-4-3-5-17-18(16)22-26-21-17/h3-9,15,20H,10-12H2,1-2H3. The SMILES string of the molecule is CN(C)C1CCN(C(=O)c2ccc(Nc3cccc4nsnc34)cc2)C1. The number of nitrogens with one attached hydrogen (secondary N) is 1. The number of likely N-dealkylation sites (N-methyl/N-ethyl adjacent to an activating group) is 1. The second-order valence-electron chi connectivity index (χ2n) is 6.80. The molecule has 2 aromatic carbocycles. The number of aromatic nitrogens is 2. The molecule has 2 heterocycles. The Morgan fingerprint density at radius 1 is 1.19 bits per heavy atom. The number of benzene rings is 2. The second-order valence-corrected chi connectivity index (χ2v) is 7.33. The molecule has 1 N–H and O–H groups in total. The fraction of sp³-hybridized carbons (Fsp3) is 0.316. The van der Waals surface area contributed by atoms with Crippen molar-refractivity contribution in [3.8, 4) is 0 Å². The Labute approximate surface area is 156 Å². The van der Waals surface area contributed by atoms with Gasteiger partial charge in [0.05, 0.1) is 17.4 Å². The summed E-state index contributed by atoms with van der Waals surface area (Å²) < 4.78 is 8.60. The molecule has 1 aliphatic heterocycles. The van der Waals surface area contributed by atoms with Crippen molar-refractivity contribution in [3.05, 3.63) is 48.0 Å². The molecular formula is C19H21N5OS. The predicted molar refractivity (Wildman–Crippen MR) is 105 cm³/mol. The first-order valence-electron chi connectivity index (χ1n) is 8.66. The largest absolute Gasteiger partial charge is 0.354 e. The van der Waals surface area contributed by atoms with E-state index in [-0.39, 0.29) is 5.91 Å². The van der Waals surface area contributed by atoms with Crippen LogP contribution in [-0.2, 0) is 0 Å². The minimum Gasteiger partial charge on any atom is -0.354 e. The molecule has 6 nitrogen and oxygen atoms in total. The van der Waals surface area contributed by atoms with Crippen molar-refractivity contribution in [1.29, 1.82) is 0 Å². The fourth-order valence-corrected chi connectivity index (χ4v) is 3.84. The van der Waals surface area contributed by atoms with Crippen molar-refractivity contribution in [3.63, 3.8) is 0 Å². The molecule has 1 atom stereocenters. The van der Waals surface area contributed by atoms with Gasteiger partial charge in [-0.05, 0) is 56.9 Å². The van der Waals surface area contributed by atoms with Crippen molar-refractivity contribution in [2.45, 2.75) is 12.5 Å². The monoisotopic (exact) mass is 367 g/mol. The maximum Gasteiger partial charge on any atom is 0.253 e. The third kappa shape index (κ3) is 3.27. The maximum absolute atomic E-state index is 12.7. The highest BCUT2D eigenvalue weighted by Crippen LogP contribution is 2.25. The van der Waals surface area contributed by atoms with Crippen LogP contribution < -0.4 is 5.32 Å². The molecule has 1 saturated heterocycles. The zero-order chi connectivity index (χ0) is 18.1. The predicted octanol–water partition coefficient (Wildman–Crippen LogP) is 3.21. The molecule has 1 amide bonds. The number of amides is 1. The first kappa shape index (κ1) is 16.9. The van der Waals surface area contributed by atoms with E-state index in [9.17, 15) is 4.79 Å². The molecule has 26 heavy (non-hydrogen) atoms. The third-order valence-electron chi connectivity index (χ3n) is 4.88. The van der Waals surface area contributed by atoms with Crippen molar-refractivity contribution in [2.24, 2.45) is 0 Å². The van der Waals surface area contributed by atoms with Crippen molar-refractivity contribution < 1.29 is 4.79 Å². The van der Waals surface area contributed by atoms with Crippen LogP contribution in [0.5, 0.6) is 0 Å². The van der Waals surface area contributed by atoms with Crippen LogP contribution in [0.1, 0.15) is 16.8 Å². The quantitative estimate of drug-likeness (QED) is 0.767. The molecular weight excluding hydrogens is 346 g/mol. The van der Waals surface area contributed by atoms with Gasteiger partial charge in [-0.2, -0.15) is 8.75 Å². The molecule has 134 valence electrons. The number of likely N-dealkylation sites (tertiary alicyclic amines) is 1. The van der Waals surface area contributed by atoms with Gasteiger partial charge in [-0.3, -0.25) is 4.79 Å². The molecule has 0 saturated carbocycles. The average molecular weight is 367 g/mol. The molecule has 0 radical (unpaired) electrons. The topological polar surface area (TPSA) is 61.4 Å². The maximum atomic E-state index is 12.7. The highest BCUT2D eigenvalue weighted by atomic mass is 32.1. The van der Waals surface area contributed by atoms with Gasteiger partial charge in [0, 0.05) is 30.4 Å². The summed E-state index contributed by atoms with van der Waals surface area (Å²) in [4.78, 5) is 16.8. The molecule has 1 aromatic heterocycles. The van der Waals surface area contributed by atoms with Crippen LogP contribution in [-0.4, -0.2) is 57.7 Å². The second kappa shape index (κ2) is 7.01. The van der Waals surface area contributed by atoms with Crippen LogP contribution in [0.2, 0.25) is 0 Å². The highest BCUT2D eigenvalue weighted by molar-refractivity contribution is 7.00. The van der Waals surface area contributed by atoms with E-state index in [0.717, 1.165) is 47.5 Å². The van der Waals surface area contributed by atoms with E-state index in [1.54, 1.807) is 0 Å². The number of hydrogen-bond donors (Lipinski definition) is 1. The van der Waals surface area contributed by atoms with E-state index in [1.807, 2.05) is 47.4 Å². The average Bonchev–Trinajstić information content (AvgIpc) is 3.32. The fourth-order valence-electron chi connectivity index (χ4n) is 3.29. The molecule has 0 aliphatic carbocycles. The minimum atomic E-state index is 0.103. The van der Waals surface area contributed by atoms with Crippen LogP contribution in [0.4, 0.5) is 11.4 Å². The Bertz CT molecular complexity index is 921. The van der Waals surface area contributed by atoms with Gasteiger partial charge >= 0.3 is 0 Å². The van der Waals surface area contributed by atoms with Crippen LogP contribution in [0.3, 0.4) is 0 Å². The van der Waals surface area contributed by atoms with E-state index in [4.69, 9.17) is 0 Å². The summed E-state index contributed by atoms with van der Waals surface area (Å²) in [5.41, 5.74) is 4.32. The smallest absolute Gasteiger partial charge is 0.253 e. The van der Waals surface area contributed by atoms with Gasteiger partial charge in [0.25, 0.3) is 5.91 Å². The van der Waals surface area contributed by atoms with E-state index in [1.165, 1.54) is 11.7 Å². The summed E-state index contributed by atoms with van der Waals surface area (Å²) in [6.07, 6.45) is 1.03. The first-order chi connectivity index (χ1) is 12.6. The molecule has 1 fully saturated rings. The van der Waals surface area contributed by atoms with Gasteiger partial charge in [-0.15, -0.1) is 0 Å². The van der Waals surface area contributed by atoms with Crippen molar-refractivity contribution >= 4 is 40.0 Å². The van der Waals surface area contributed by atoms with Crippen molar-refractivity contribution in [2.75, 3.05) is 32.5 Å². The summed E-state index contributed by atoms with van der Waals surface area (Å²) in [5.74, 6) is 0.103. The number of hydrogen-bond acceptors (Lipinski definition) is 6. The Kier molecular flexibility index (Phi) is 4.57. The normalized spacial score (nSPS) is 17.2. The molecule has 1 unspecified atom stereocenters. The lowest BCUT2D eigenvalue weighted by atomic mass is 10.1. The zero-order valence-corrected chi connectivity index (χ0v) is 15.7. The summed E-state index contributed by atoms with van der Waals surface area (Å²) in [5, 5.41) is 3.36. The lowest BCUT2D eigenvalue weighted by Gasteiger charge is -2.20. The van der Waals surface area contributed by atoms with E-state index in [2.05, 4.69) is 33.1 Å². The Morgan fingerprint density at radius 2 is 2.00 bits per heavy atom. The molecule has 3 aromatic rings. The Morgan fingerprint density at radius 3 is 2.73 bits per heavy atom. The molecule has 7 heteroatoms. The zero-order valence-electron chi connectivity index (χ0n) is 14.8. The first-order valence-corrected chi connectivity index (χ1v) is 9.39. The molecule has 0 spiro atoms. The molecule has 4 rings (SSSR count). The number of carbonyl (C=O) groups is 1. The van der Waals surface area contributed by atoms with Gasteiger partial charge < -0.3 is 15.1 Å². The van der Waals surface area contributed by atoms with Crippen LogP contribution >= 0.6 is 11.7 Å². The third-order valence-corrected chi connectivity index (χ3v) is 5.42. The Balaban J connectivity index is 1.47. The van der Waals surface area contributed by atoms with Crippen LogP contribution in [0.15, 0.2) is 42.5 Å². The highest BCUT2D eigenvalue weighted by Gasteiger charge is 2.27. The summed E-state index contributed by atoms with van der Waals surface area (Å²) in [7, 11) is 4.13. The van der Waals surface area contributed by atoms with E-state index >= 15 is 0 Å². The van der Waals surface area contributed by atoms with Crippen molar-refractivity contribution in [1.82, 2.24) is 18.5 Å². The number of anilines is 2. The number of carbonyl (C=O) groups excluding carboxylic acids is 1. The lowest BCUT2D eigenvalue weighted by molar-refractivity contribution is 0.0783. The van der Waals surface area contributed by atoms with E-state index < -0.39 is 0 Å². The van der Waals surface area contributed by atoms with Gasteiger partial charge in [-0.1, -0.05) is 6.07 Å². The summed E-state index contributed by atoms with van der Waals surface area (Å²) >= 11 is 1.21.